The van der Waals surface area contributed by atoms with E-state index >= 15 is 0 Å². The van der Waals surface area contributed by atoms with Crippen molar-refractivity contribution in [2.45, 2.75) is 12.5 Å². The molecule has 0 bridgehead atoms. The zero-order valence-corrected chi connectivity index (χ0v) is 12.0. The van der Waals surface area contributed by atoms with E-state index < -0.39 is 6.10 Å². The van der Waals surface area contributed by atoms with Crippen LogP contribution in [0.25, 0.3) is 0 Å². The quantitative estimate of drug-likeness (QED) is 0.857. The maximum atomic E-state index is 11.9. The molecule has 0 saturated carbocycles. The molecule has 2 N–H and O–H groups in total. The monoisotopic (exact) mass is 291 g/mol. The first kappa shape index (κ1) is 14.6. The van der Waals surface area contributed by atoms with Crippen LogP contribution in [0, 0.1) is 0 Å². The number of hydrogen-bond donors (Lipinski definition) is 2. The molecule has 2 aromatic rings. The van der Waals surface area contributed by atoms with Gasteiger partial charge in [-0.05, 0) is 17.5 Å². The second-order valence-corrected chi connectivity index (χ2v) is 5.30. The Morgan fingerprint density at radius 2 is 2.15 bits per heavy atom. The van der Waals surface area contributed by atoms with Crippen LogP contribution in [0.2, 0.25) is 0 Å². The van der Waals surface area contributed by atoms with Gasteiger partial charge in [0.25, 0.3) is 0 Å². The molecular formula is C15H17NO3S. The van der Waals surface area contributed by atoms with Crippen LogP contribution < -0.4 is 10.1 Å². The molecule has 5 heteroatoms. The summed E-state index contributed by atoms with van der Waals surface area (Å²) in [5, 5.41) is 14.5. The van der Waals surface area contributed by atoms with E-state index in [2.05, 4.69) is 5.32 Å². The summed E-state index contributed by atoms with van der Waals surface area (Å²) in [5.74, 6) is 0.562. The van der Waals surface area contributed by atoms with Crippen molar-refractivity contribution >= 4 is 17.2 Å². The summed E-state index contributed by atoms with van der Waals surface area (Å²) >= 11 is 1.47. The number of benzene rings is 1. The molecule has 0 aliphatic rings. The third-order valence-corrected chi connectivity index (χ3v) is 3.88. The first-order chi connectivity index (χ1) is 9.70. The molecular weight excluding hydrogens is 274 g/mol. The van der Waals surface area contributed by atoms with Gasteiger partial charge in [-0.1, -0.05) is 24.3 Å². The standard InChI is InChI=1S/C15H17NO3S/c1-19-13-6-3-2-5-11(13)9-15(18)16-10-12(17)14-7-4-8-20-14/h2-8,12,17H,9-10H2,1H3,(H,16,18). The van der Waals surface area contributed by atoms with E-state index in [9.17, 15) is 9.90 Å². The third kappa shape index (κ3) is 3.82. The summed E-state index contributed by atoms with van der Waals surface area (Å²) in [6, 6.07) is 11.1. The number of rotatable bonds is 6. The Kier molecular flexibility index (Phi) is 5.15. The minimum atomic E-state index is -0.656. The lowest BCUT2D eigenvalue weighted by molar-refractivity contribution is -0.120. The molecule has 0 fully saturated rings. The van der Waals surface area contributed by atoms with Crippen molar-refractivity contribution in [3.05, 3.63) is 52.2 Å². The van der Waals surface area contributed by atoms with Crippen LogP contribution in [0.15, 0.2) is 41.8 Å². The fourth-order valence-electron chi connectivity index (χ4n) is 1.88. The highest BCUT2D eigenvalue weighted by Gasteiger charge is 2.12. The summed E-state index contributed by atoms with van der Waals surface area (Å²) < 4.78 is 5.20. The van der Waals surface area contributed by atoms with Gasteiger partial charge in [0.2, 0.25) is 5.91 Å². The summed E-state index contributed by atoms with van der Waals surface area (Å²) in [5.41, 5.74) is 0.832. The molecule has 0 aliphatic heterocycles. The number of carbonyl (C=O) groups excluding carboxylic acids is 1. The Bertz CT molecular complexity index is 554. The number of methoxy groups -OCH3 is 1. The summed E-state index contributed by atoms with van der Waals surface area (Å²) in [6.07, 6.45) is -0.419. The Morgan fingerprint density at radius 1 is 1.35 bits per heavy atom. The smallest absolute Gasteiger partial charge is 0.224 e. The largest absolute Gasteiger partial charge is 0.496 e. The minimum Gasteiger partial charge on any atom is -0.496 e. The zero-order valence-electron chi connectivity index (χ0n) is 11.2. The molecule has 1 aromatic carbocycles. The average Bonchev–Trinajstić information content (AvgIpc) is 2.99. The van der Waals surface area contributed by atoms with E-state index in [-0.39, 0.29) is 18.9 Å². The maximum absolute atomic E-state index is 11.9. The number of hydrogen-bond acceptors (Lipinski definition) is 4. The first-order valence-electron chi connectivity index (χ1n) is 6.30. The average molecular weight is 291 g/mol. The summed E-state index contributed by atoms with van der Waals surface area (Å²) in [6.45, 7) is 0.217. The van der Waals surface area contributed by atoms with Gasteiger partial charge in [-0.3, -0.25) is 4.79 Å². The van der Waals surface area contributed by atoms with Crippen LogP contribution in [-0.2, 0) is 11.2 Å². The van der Waals surface area contributed by atoms with E-state index in [1.54, 1.807) is 7.11 Å². The molecule has 106 valence electrons. The normalized spacial score (nSPS) is 11.9. The van der Waals surface area contributed by atoms with Crippen LogP contribution in [0.3, 0.4) is 0 Å². The number of aliphatic hydroxyl groups excluding tert-OH is 1. The number of aliphatic hydroxyl groups is 1. The van der Waals surface area contributed by atoms with Crippen molar-refractivity contribution in [3.63, 3.8) is 0 Å². The highest BCUT2D eigenvalue weighted by Crippen LogP contribution is 2.19. The molecule has 0 saturated heterocycles. The molecule has 0 spiro atoms. The lowest BCUT2D eigenvalue weighted by Crippen LogP contribution is -2.29. The fourth-order valence-corrected chi connectivity index (χ4v) is 2.59. The Morgan fingerprint density at radius 3 is 2.85 bits per heavy atom. The van der Waals surface area contributed by atoms with E-state index in [4.69, 9.17) is 4.74 Å². The van der Waals surface area contributed by atoms with Crippen LogP contribution in [0.4, 0.5) is 0 Å². The first-order valence-corrected chi connectivity index (χ1v) is 7.18. The van der Waals surface area contributed by atoms with Gasteiger partial charge in [-0.25, -0.2) is 0 Å². The molecule has 4 nitrogen and oxygen atoms in total. The maximum Gasteiger partial charge on any atom is 0.224 e. The van der Waals surface area contributed by atoms with Gasteiger partial charge in [-0.15, -0.1) is 11.3 Å². The Balaban J connectivity index is 1.86. The highest BCUT2D eigenvalue weighted by atomic mass is 32.1. The molecule has 0 aliphatic carbocycles. The molecule has 1 heterocycles. The van der Waals surface area contributed by atoms with Gasteiger partial charge >= 0.3 is 0 Å². The molecule has 1 aromatic heterocycles. The Labute approximate surface area is 122 Å². The van der Waals surface area contributed by atoms with Crippen molar-refractivity contribution in [3.8, 4) is 5.75 Å². The van der Waals surface area contributed by atoms with Crippen LogP contribution in [0.5, 0.6) is 5.75 Å². The molecule has 20 heavy (non-hydrogen) atoms. The van der Waals surface area contributed by atoms with E-state index in [1.165, 1.54) is 11.3 Å². The minimum absolute atomic E-state index is 0.134. The lowest BCUT2D eigenvalue weighted by Gasteiger charge is -2.11. The topological polar surface area (TPSA) is 58.6 Å². The van der Waals surface area contributed by atoms with Crippen molar-refractivity contribution in [2.24, 2.45) is 0 Å². The molecule has 1 amide bonds. The van der Waals surface area contributed by atoms with Gasteiger partial charge in [0.1, 0.15) is 11.9 Å². The van der Waals surface area contributed by atoms with Crippen LogP contribution in [0.1, 0.15) is 16.5 Å². The Hall–Kier alpha value is -1.85. The van der Waals surface area contributed by atoms with Gasteiger partial charge in [0.15, 0.2) is 0 Å². The van der Waals surface area contributed by atoms with Crippen molar-refractivity contribution in [2.75, 3.05) is 13.7 Å². The number of ether oxygens (including phenoxy) is 1. The van der Waals surface area contributed by atoms with Crippen molar-refractivity contribution in [1.29, 1.82) is 0 Å². The summed E-state index contributed by atoms with van der Waals surface area (Å²) in [4.78, 5) is 12.7. The van der Waals surface area contributed by atoms with E-state index in [0.29, 0.717) is 5.75 Å². The predicted molar refractivity (Wildman–Crippen MR) is 79.0 cm³/mol. The van der Waals surface area contributed by atoms with E-state index in [0.717, 1.165) is 10.4 Å². The number of nitrogens with one attached hydrogen (secondary N) is 1. The van der Waals surface area contributed by atoms with E-state index in [1.807, 2.05) is 41.8 Å². The van der Waals surface area contributed by atoms with Crippen molar-refractivity contribution in [1.82, 2.24) is 5.32 Å². The third-order valence-electron chi connectivity index (χ3n) is 2.91. The highest BCUT2D eigenvalue weighted by molar-refractivity contribution is 7.10. The number of amides is 1. The molecule has 1 atom stereocenters. The lowest BCUT2D eigenvalue weighted by atomic mass is 10.1. The molecule has 2 rings (SSSR count). The zero-order chi connectivity index (χ0) is 14.4. The second-order valence-electron chi connectivity index (χ2n) is 4.32. The number of para-hydroxylation sites is 1. The van der Waals surface area contributed by atoms with Gasteiger partial charge in [0.05, 0.1) is 13.5 Å². The van der Waals surface area contributed by atoms with Gasteiger partial charge < -0.3 is 15.2 Å². The summed E-state index contributed by atoms with van der Waals surface area (Å²) in [7, 11) is 1.58. The molecule has 1 unspecified atom stereocenters. The number of thiophene rings is 1. The van der Waals surface area contributed by atoms with Crippen LogP contribution >= 0.6 is 11.3 Å². The SMILES string of the molecule is COc1ccccc1CC(=O)NCC(O)c1cccs1. The van der Waals surface area contributed by atoms with Crippen LogP contribution in [-0.4, -0.2) is 24.7 Å². The predicted octanol–water partition coefficient (Wildman–Crippen LogP) is 2.15. The van der Waals surface area contributed by atoms with Gasteiger partial charge in [0, 0.05) is 17.0 Å². The molecule has 0 radical (unpaired) electrons. The number of carbonyl (C=O) groups is 1. The fraction of sp³-hybridized carbons (Fsp3) is 0.267. The van der Waals surface area contributed by atoms with Crippen molar-refractivity contribution < 1.29 is 14.6 Å². The van der Waals surface area contributed by atoms with Gasteiger partial charge in [-0.2, -0.15) is 0 Å². The second kappa shape index (κ2) is 7.07.